The maximum Gasteiger partial charge on any atom is 0.391 e. The van der Waals surface area contributed by atoms with Gasteiger partial charge < -0.3 is 11.1 Å². The number of nitrogens with two attached hydrogens (primary N) is 1. The van der Waals surface area contributed by atoms with Crippen LogP contribution in [0.3, 0.4) is 0 Å². The van der Waals surface area contributed by atoms with E-state index in [0.29, 0.717) is 24.9 Å². The lowest BCUT2D eigenvalue weighted by Gasteiger charge is -2.31. The van der Waals surface area contributed by atoms with Crippen LogP contribution in [0.1, 0.15) is 61.6 Å². The second-order valence-corrected chi connectivity index (χ2v) is 7.23. The van der Waals surface area contributed by atoms with E-state index in [1.807, 2.05) is 0 Å². The molecule has 1 heterocycles. The smallest absolute Gasteiger partial charge is 0.366 e. The fourth-order valence-corrected chi connectivity index (χ4v) is 3.40. The van der Waals surface area contributed by atoms with Gasteiger partial charge in [-0.1, -0.05) is 13.8 Å². The van der Waals surface area contributed by atoms with Gasteiger partial charge in [-0.15, -0.1) is 0 Å². The van der Waals surface area contributed by atoms with E-state index in [0.717, 1.165) is 5.69 Å². The number of hydrogen-bond donors (Lipinski definition) is 2. The Morgan fingerprint density at radius 2 is 1.92 bits per heavy atom. The molecule has 0 aromatic carbocycles. The van der Waals surface area contributed by atoms with Gasteiger partial charge >= 0.3 is 6.18 Å². The van der Waals surface area contributed by atoms with E-state index in [4.69, 9.17) is 5.73 Å². The number of aromatic nitrogens is 1. The van der Waals surface area contributed by atoms with Crippen molar-refractivity contribution < 1.29 is 18.0 Å². The lowest BCUT2D eigenvalue weighted by Crippen LogP contribution is -2.35. The SMILES string of the molecule is CC(C)C(NC[C@H]1CC[C@H](C(F)(F)F)CC1)c1ccc(C(N)=O)cn1. The van der Waals surface area contributed by atoms with Crippen molar-refractivity contribution in [2.45, 2.75) is 51.7 Å². The van der Waals surface area contributed by atoms with Crippen molar-refractivity contribution in [3.63, 3.8) is 0 Å². The summed E-state index contributed by atoms with van der Waals surface area (Å²) in [5, 5.41) is 3.45. The third kappa shape index (κ3) is 5.42. The largest absolute Gasteiger partial charge is 0.391 e. The summed E-state index contributed by atoms with van der Waals surface area (Å²) < 4.78 is 38.2. The highest BCUT2D eigenvalue weighted by Gasteiger charge is 2.41. The van der Waals surface area contributed by atoms with E-state index in [-0.39, 0.29) is 30.7 Å². The molecule has 1 aromatic rings. The Kier molecular flexibility index (Phi) is 6.43. The fraction of sp³-hybridized carbons (Fsp3) is 0.667. The minimum Gasteiger partial charge on any atom is -0.366 e. The molecule has 2 rings (SSSR count). The molecule has 1 aliphatic carbocycles. The number of hydrogen-bond acceptors (Lipinski definition) is 3. The molecule has 1 atom stereocenters. The van der Waals surface area contributed by atoms with Crippen molar-refractivity contribution >= 4 is 5.91 Å². The van der Waals surface area contributed by atoms with Gasteiger partial charge in [0.1, 0.15) is 0 Å². The number of nitrogens with zero attached hydrogens (tertiary/aromatic N) is 1. The second kappa shape index (κ2) is 8.17. The Balaban J connectivity index is 1.91. The molecule has 0 spiro atoms. The van der Waals surface area contributed by atoms with E-state index in [1.165, 1.54) is 6.20 Å². The predicted octanol–water partition coefficient (Wildman–Crippen LogP) is 3.84. The molecular formula is C18H26F3N3O. The van der Waals surface area contributed by atoms with Gasteiger partial charge in [-0.3, -0.25) is 9.78 Å². The van der Waals surface area contributed by atoms with E-state index in [2.05, 4.69) is 24.1 Å². The van der Waals surface area contributed by atoms with Crippen molar-refractivity contribution in [3.8, 4) is 0 Å². The van der Waals surface area contributed by atoms with Gasteiger partial charge in [-0.2, -0.15) is 13.2 Å². The lowest BCUT2D eigenvalue weighted by molar-refractivity contribution is -0.183. The number of halogens is 3. The lowest BCUT2D eigenvalue weighted by atomic mass is 9.81. The highest BCUT2D eigenvalue weighted by atomic mass is 19.4. The highest BCUT2D eigenvalue weighted by molar-refractivity contribution is 5.92. The molecule has 0 radical (unpaired) electrons. The Bertz CT molecular complexity index is 564. The first kappa shape index (κ1) is 19.7. The standard InChI is InChI=1S/C18H26F3N3O/c1-11(2)16(15-8-5-13(10-23-15)17(22)25)24-9-12-3-6-14(7-4-12)18(19,20)21/h5,8,10-12,14,16,24H,3-4,6-7,9H2,1-2H3,(H2,22,25)/t12-,14-,16?. The summed E-state index contributed by atoms with van der Waals surface area (Å²) in [4.78, 5) is 15.4. The second-order valence-electron chi connectivity index (χ2n) is 7.23. The van der Waals surface area contributed by atoms with Gasteiger partial charge in [0, 0.05) is 6.20 Å². The predicted molar refractivity (Wildman–Crippen MR) is 89.8 cm³/mol. The molecule has 3 N–H and O–H groups in total. The molecule has 0 bridgehead atoms. The Hall–Kier alpha value is -1.63. The Labute approximate surface area is 146 Å². The Morgan fingerprint density at radius 3 is 2.36 bits per heavy atom. The normalized spacial score (nSPS) is 22.8. The molecule has 1 unspecified atom stereocenters. The number of primary amides is 1. The maximum atomic E-state index is 12.7. The topological polar surface area (TPSA) is 68.0 Å². The van der Waals surface area contributed by atoms with Gasteiger partial charge in [-0.25, -0.2) is 0 Å². The third-order valence-electron chi connectivity index (χ3n) is 4.99. The number of amides is 1. The number of carbonyl (C=O) groups excluding carboxylic acids is 1. The first-order valence-electron chi connectivity index (χ1n) is 8.74. The number of carbonyl (C=O) groups is 1. The molecular weight excluding hydrogens is 331 g/mol. The van der Waals surface area contributed by atoms with Crippen LogP contribution in [0.5, 0.6) is 0 Å². The summed E-state index contributed by atoms with van der Waals surface area (Å²) in [6, 6.07) is 3.41. The molecule has 1 aliphatic rings. The van der Waals surface area contributed by atoms with E-state index in [9.17, 15) is 18.0 Å². The first-order valence-corrected chi connectivity index (χ1v) is 8.74. The minimum absolute atomic E-state index is 0.0118. The molecule has 7 heteroatoms. The highest BCUT2D eigenvalue weighted by Crippen LogP contribution is 2.39. The first-order chi connectivity index (χ1) is 11.7. The average Bonchev–Trinajstić information content (AvgIpc) is 2.55. The van der Waals surface area contributed by atoms with Crippen molar-refractivity contribution in [2.24, 2.45) is 23.5 Å². The molecule has 1 amide bonds. The monoisotopic (exact) mass is 357 g/mol. The van der Waals surface area contributed by atoms with Crippen molar-refractivity contribution in [2.75, 3.05) is 6.54 Å². The molecule has 0 saturated heterocycles. The van der Waals surface area contributed by atoms with Crippen LogP contribution in [-0.2, 0) is 0 Å². The molecule has 1 fully saturated rings. The van der Waals surface area contributed by atoms with Crippen LogP contribution < -0.4 is 11.1 Å². The van der Waals surface area contributed by atoms with Gasteiger partial charge in [0.05, 0.1) is 23.2 Å². The van der Waals surface area contributed by atoms with Gasteiger partial charge in [-0.05, 0) is 56.2 Å². The number of rotatable bonds is 6. The van der Waals surface area contributed by atoms with Crippen LogP contribution in [0, 0.1) is 17.8 Å². The van der Waals surface area contributed by atoms with Crippen LogP contribution in [0.4, 0.5) is 13.2 Å². The third-order valence-corrected chi connectivity index (χ3v) is 4.99. The molecule has 1 aromatic heterocycles. The number of pyridine rings is 1. The summed E-state index contributed by atoms with van der Waals surface area (Å²) in [7, 11) is 0. The molecule has 4 nitrogen and oxygen atoms in total. The number of alkyl halides is 3. The van der Waals surface area contributed by atoms with Crippen LogP contribution in [0.15, 0.2) is 18.3 Å². The summed E-state index contributed by atoms with van der Waals surface area (Å²) in [6.07, 6.45) is -0.984. The zero-order valence-corrected chi connectivity index (χ0v) is 14.6. The van der Waals surface area contributed by atoms with E-state index >= 15 is 0 Å². The Morgan fingerprint density at radius 1 is 1.28 bits per heavy atom. The van der Waals surface area contributed by atoms with Gasteiger partial charge in [0.25, 0.3) is 0 Å². The van der Waals surface area contributed by atoms with Gasteiger partial charge in [0.15, 0.2) is 0 Å². The van der Waals surface area contributed by atoms with Crippen molar-refractivity contribution in [3.05, 3.63) is 29.6 Å². The van der Waals surface area contributed by atoms with Gasteiger partial charge in [0.2, 0.25) is 5.91 Å². The average molecular weight is 357 g/mol. The maximum absolute atomic E-state index is 12.7. The summed E-state index contributed by atoms with van der Waals surface area (Å²) in [6.45, 7) is 4.79. The van der Waals surface area contributed by atoms with E-state index in [1.54, 1.807) is 12.1 Å². The quantitative estimate of drug-likeness (QED) is 0.813. The molecule has 0 aliphatic heterocycles. The van der Waals surface area contributed by atoms with Crippen molar-refractivity contribution in [1.82, 2.24) is 10.3 Å². The van der Waals surface area contributed by atoms with E-state index < -0.39 is 18.0 Å². The zero-order valence-electron chi connectivity index (χ0n) is 14.6. The van der Waals surface area contributed by atoms with Crippen LogP contribution in [0.2, 0.25) is 0 Å². The fourth-order valence-electron chi connectivity index (χ4n) is 3.40. The van der Waals surface area contributed by atoms with Crippen LogP contribution in [0.25, 0.3) is 0 Å². The molecule has 140 valence electrons. The number of nitrogens with one attached hydrogen (secondary N) is 1. The zero-order chi connectivity index (χ0) is 18.6. The van der Waals surface area contributed by atoms with Crippen LogP contribution >= 0.6 is 0 Å². The summed E-state index contributed by atoms with van der Waals surface area (Å²) >= 11 is 0. The molecule has 1 saturated carbocycles. The summed E-state index contributed by atoms with van der Waals surface area (Å²) in [5.41, 5.74) is 6.39. The van der Waals surface area contributed by atoms with Crippen LogP contribution in [-0.4, -0.2) is 23.6 Å². The summed E-state index contributed by atoms with van der Waals surface area (Å²) in [5.74, 6) is -1.15. The minimum atomic E-state index is -4.06. The van der Waals surface area contributed by atoms with Crippen molar-refractivity contribution in [1.29, 1.82) is 0 Å². The molecule has 25 heavy (non-hydrogen) atoms.